The van der Waals surface area contributed by atoms with E-state index < -0.39 is 0 Å². The molecule has 5 N–H and O–H groups in total. The third kappa shape index (κ3) is 3.38. The molecule has 0 bridgehead atoms. The van der Waals surface area contributed by atoms with Crippen molar-refractivity contribution in [2.75, 3.05) is 6.54 Å². The lowest BCUT2D eigenvalue weighted by Crippen LogP contribution is -2.39. The summed E-state index contributed by atoms with van der Waals surface area (Å²) in [5.41, 5.74) is 9.21. The monoisotopic (exact) mass is 177 g/mol. The van der Waals surface area contributed by atoms with Crippen molar-refractivity contribution in [3.8, 4) is 0 Å². The van der Waals surface area contributed by atoms with Gasteiger partial charge in [0.1, 0.15) is 0 Å². The van der Waals surface area contributed by atoms with E-state index in [4.69, 9.17) is 11.6 Å². The summed E-state index contributed by atoms with van der Waals surface area (Å²) in [6.45, 7) is 0.500. The van der Waals surface area contributed by atoms with Gasteiger partial charge in [0.25, 0.3) is 0 Å². The van der Waals surface area contributed by atoms with E-state index in [9.17, 15) is 0 Å². The van der Waals surface area contributed by atoms with Gasteiger partial charge in [-0.3, -0.25) is 11.3 Å². The molecule has 1 aromatic carbocycles. The van der Waals surface area contributed by atoms with Crippen molar-refractivity contribution in [3.05, 3.63) is 42.0 Å². The normalized spacial score (nSPS) is 13.4. The van der Waals surface area contributed by atoms with E-state index in [0.717, 1.165) is 5.56 Å². The van der Waals surface area contributed by atoms with Crippen molar-refractivity contribution in [1.82, 2.24) is 5.43 Å². The molecule has 0 saturated heterocycles. The lowest BCUT2D eigenvalue weighted by molar-refractivity contribution is 0.630. The molecule has 0 amide bonds. The van der Waals surface area contributed by atoms with E-state index in [0.29, 0.717) is 6.54 Å². The molecule has 0 aliphatic rings. The van der Waals surface area contributed by atoms with Crippen LogP contribution < -0.4 is 17.0 Å². The van der Waals surface area contributed by atoms with Crippen molar-refractivity contribution in [1.29, 1.82) is 0 Å². The van der Waals surface area contributed by atoms with E-state index in [2.05, 4.69) is 5.43 Å². The Morgan fingerprint density at radius 1 is 1.31 bits per heavy atom. The molecular weight excluding hydrogens is 162 g/mol. The molecule has 0 fully saturated rings. The summed E-state index contributed by atoms with van der Waals surface area (Å²) in [6, 6.07) is 10.1. The van der Waals surface area contributed by atoms with Gasteiger partial charge in [-0.25, -0.2) is 0 Å². The van der Waals surface area contributed by atoms with E-state index in [-0.39, 0.29) is 6.04 Å². The minimum atomic E-state index is 0.0419. The quantitative estimate of drug-likeness (QED) is 0.463. The fourth-order valence-corrected chi connectivity index (χ4v) is 0.994. The number of rotatable bonds is 4. The van der Waals surface area contributed by atoms with Crippen molar-refractivity contribution in [2.45, 2.75) is 6.04 Å². The zero-order valence-electron chi connectivity index (χ0n) is 7.48. The summed E-state index contributed by atoms with van der Waals surface area (Å²) >= 11 is 0. The molecule has 0 aliphatic carbocycles. The molecule has 70 valence electrons. The van der Waals surface area contributed by atoms with Crippen molar-refractivity contribution < 1.29 is 0 Å². The average molecular weight is 177 g/mol. The third-order valence-electron chi connectivity index (χ3n) is 1.79. The Hall–Kier alpha value is -1.16. The zero-order chi connectivity index (χ0) is 9.52. The standard InChI is InChI=1S/C10H15N3/c11-8-10(13-12)7-6-9-4-2-1-3-5-9/h1-7,10,13H,8,11-12H2/b7-6+. The van der Waals surface area contributed by atoms with Crippen LogP contribution in [0.5, 0.6) is 0 Å². The fourth-order valence-electron chi connectivity index (χ4n) is 0.994. The highest BCUT2D eigenvalue weighted by atomic mass is 15.2. The molecule has 1 aromatic rings. The first-order chi connectivity index (χ1) is 6.36. The first kappa shape index (κ1) is 9.92. The van der Waals surface area contributed by atoms with Gasteiger partial charge in [0, 0.05) is 6.54 Å². The number of nitrogens with one attached hydrogen (secondary N) is 1. The van der Waals surface area contributed by atoms with Crippen LogP contribution in [-0.4, -0.2) is 12.6 Å². The summed E-state index contributed by atoms with van der Waals surface area (Å²) in [7, 11) is 0. The molecular formula is C10H15N3. The molecule has 1 unspecified atom stereocenters. The predicted octanol–water partition coefficient (Wildman–Crippen LogP) is 0.490. The van der Waals surface area contributed by atoms with Crippen LogP contribution in [0.15, 0.2) is 36.4 Å². The fraction of sp³-hybridized carbons (Fsp3) is 0.200. The number of hydrogen-bond acceptors (Lipinski definition) is 3. The van der Waals surface area contributed by atoms with E-state index in [1.165, 1.54) is 0 Å². The second-order valence-corrected chi connectivity index (χ2v) is 2.78. The Kier molecular flexibility index (Phi) is 4.18. The maximum absolute atomic E-state index is 5.45. The van der Waals surface area contributed by atoms with Gasteiger partial charge in [-0.1, -0.05) is 42.5 Å². The van der Waals surface area contributed by atoms with Gasteiger partial charge in [0.15, 0.2) is 0 Å². The van der Waals surface area contributed by atoms with E-state index in [1.807, 2.05) is 42.5 Å². The van der Waals surface area contributed by atoms with Crippen LogP contribution in [0.2, 0.25) is 0 Å². The molecule has 1 atom stereocenters. The highest BCUT2D eigenvalue weighted by molar-refractivity contribution is 5.49. The van der Waals surface area contributed by atoms with Crippen LogP contribution in [-0.2, 0) is 0 Å². The number of nitrogens with two attached hydrogens (primary N) is 2. The Morgan fingerprint density at radius 2 is 2.00 bits per heavy atom. The molecule has 0 aromatic heterocycles. The van der Waals surface area contributed by atoms with E-state index in [1.54, 1.807) is 0 Å². The summed E-state index contributed by atoms with van der Waals surface area (Å²) in [4.78, 5) is 0. The SMILES string of the molecule is NCC(/C=C/c1ccccc1)NN. The molecule has 3 nitrogen and oxygen atoms in total. The van der Waals surface area contributed by atoms with Crippen molar-refractivity contribution >= 4 is 6.08 Å². The van der Waals surface area contributed by atoms with Crippen LogP contribution in [0.1, 0.15) is 5.56 Å². The van der Waals surface area contributed by atoms with Crippen LogP contribution in [0.4, 0.5) is 0 Å². The molecule has 0 saturated carbocycles. The lowest BCUT2D eigenvalue weighted by Gasteiger charge is -2.06. The molecule has 0 radical (unpaired) electrons. The maximum atomic E-state index is 5.45. The van der Waals surface area contributed by atoms with Crippen LogP contribution >= 0.6 is 0 Å². The largest absolute Gasteiger partial charge is 0.329 e. The van der Waals surface area contributed by atoms with Gasteiger partial charge in [-0.05, 0) is 5.56 Å². The summed E-state index contributed by atoms with van der Waals surface area (Å²) < 4.78 is 0. The third-order valence-corrected chi connectivity index (χ3v) is 1.79. The minimum absolute atomic E-state index is 0.0419. The Balaban J connectivity index is 2.57. The second kappa shape index (κ2) is 5.48. The first-order valence-corrected chi connectivity index (χ1v) is 4.26. The van der Waals surface area contributed by atoms with Crippen molar-refractivity contribution in [3.63, 3.8) is 0 Å². The van der Waals surface area contributed by atoms with Gasteiger partial charge >= 0.3 is 0 Å². The highest BCUT2D eigenvalue weighted by Crippen LogP contribution is 2.01. The minimum Gasteiger partial charge on any atom is -0.329 e. The average Bonchev–Trinajstić information content (AvgIpc) is 2.21. The molecule has 13 heavy (non-hydrogen) atoms. The van der Waals surface area contributed by atoms with Crippen LogP contribution in [0.25, 0.3) is 6.08 Å². The van der Waals surface area contributed by atoms with Crippen molar-refractivity contribution in [2.24, 2.45) is 11.6 Å². The Bertz CT molecular complexity index is 252. The zero-order valence-corrected chi connectivity index (χ0v) is 7.48. The van der Waals surface area contributed by atoms with E-state index >= 15 is 0 Å². The topological polar surface area (TPSA) is 64.1 Å². The number of benzene rings is 1. The van der Waals surface area contributed by atoms with Gasteiger partial charge < -0.3 is 5.73 Å². The summed E-state index contributed by atoms with van der Waals surface area (Å²) in [5, 5.41) is 0. The molecule has 1 rings (SSSR count). The Labute approximate surface area is 78.4 Å². The smallest absolute Gasteiger partial charge is 0.0516 e. The van der Waals surface area contributed by atoms with Gasteiger partial charge in [-0.15, -0.1) is 0 Å². The first-order valence-electron chi connectivity index (χ1n) is 4.26. The molecule has 0 aliphatic heterocycles. The van der Waals surface area contributed by atoms with Gasteiger partial charge in [-0.2, -0.15) is 0 Å². The highest BCUT2D eigenvalue weighted by Gasteiger charge is 1.95. The second-order valence-electron chi connectivity index (χ2n) is 2.78. The number of hydrazine groups is 1. The lowest BCUT2D eigenvalue weighted by atomic mass is 10.2. The maximum Gasteiger partial charge on any atom is 0.0516 e. The summed E-state index contributed by atoms with van der Waals surface area (Å²) in [6.07, 6.45) is 3.95. The number of hydrogen-bond donors (Lipinski definition) is 3. The van der Waals surface area contributed by atoms with Crippen LogP contribution in [0.3, 0.4) is 0 Å². The van der Waals surface area contributed by atoms with Crippen LogP contribution in [0, 0.1) is 0 Å². The molecule has 3 heteroatoms. The Morgan fingerprint density at radius 3 is 2.54 bits per heavy atom. The van der Waals surface area contributed by atoms with Gasteiger partial charge in [0.2, 0.25) is 0 Å². The molecule has 0 heterocycles. The molecule has 0 spiro atoms. The predicted molar refractivity (Wildman–Crippen MR) is 55.6 cm³/mol. The van der Waals surface area contributed by atoms with Gasteiger partial charge in [0.05, 0.1) is 6.04 Å². The summed E-state index contributed by atoms with van der Waals surface area (Å²) in [5.74, 6) is 5.27.